The van der Waals surface area contributed by atoms with E-state index in [-0.39, 0.29) is 10.7 Å². The van der Waals surface area contributed by atoms with Gasteiger partial charge in [0.15, 0.2) is 0 Å². The van der Waals surface area contributed by atoms with Crippen LogP contribution in [0.3, 0.4) is 0 Å². The highest BCUT2D eigenvalue weighted by Gasteiger charge is 2.15. The highest BCUT2D eigenvalue weighted by atomic mass is 32.2. The van der Waals surface area contributed by atoms with Crippen molar-refractivity contribution in [3.8, 4) is 0 Å². The molecule has 0 aliphatic rings. The van der Waals surface area contributed by atoms with Gasteiger partial charge in [-0.3, -0.25) is 9.40 Å². The van der Waals surface area contributed by atoms with Gasteiger partial charge < -0.3 is 0 Å². The van der Waals surface area contributed by atoms with Gasteiger partial charge in [0.2, 0.25) is 0 Å². The fourth-order valence-corrected chi connectivity index (χ4v) is 3.89. The molecule has 5 nitrogen and oxygen atoms in total. The van der Waals surface area contributed by atoms with Crippen LogP contribution in [0.15, 0.2) is 84.0 Å². The van der Waals surface area contributed by atoms with Gasteiger partial charge in [0.25, 0.3) is 10.0 Å². The Morgan fingerprint density at radius 1 is 0.963 bits per heavy atom. The topological polar surface area (TPSA) is 64.0 Å². The third-order valence-electron chi connectivity index (χ3n) is 4.17. The first-order valence-electron chi connectivity index (χ1n) is 8.28. The molecule has 1 heterocycles. The van der Waals surface area contributed by atoms with E-state index < -0.39 is 10.0 Å². The van der Waals surface area contributed by atoms with Crippen molar-refractivity contribution in [2.24, 2.45) is 0 Å². The summed E-state index contributed by atoms with van der Waals surface area (Å²) in [4.78, 5) is 0.187. The van der Waals surface area contributed by atoms with Crippen LogP contribution in [0.5, 0.6) is 0 Å². The number of fused-ring (bicyclic) bond motifs is 1. The Kier molecular flexibility index (Phi) is 4.37. The predicted molar refractivity (Wildman–Crippen MR) is 102 cm³/mol. The van der Waals surface area contributed by atoms with Gasteiger partial charge >= 0.3 is 0 Å². The lowest BCUT2D eigenvalue weighted by atomic mass is 10.1. The van der Waals surface area contributed by atoms with Crippen molar-refractivity contribution >= 4 is 26.5 Å². The SMILES string of the molecule is O=S(=O)(Nc1cnn(Cc2ccc(F)cc2)c1)c1ccc2ccccc2c1. The number of hydrogen-bond donors (Lipinski definition) is 1. The molecule has 4 aromatic rings. The van der Waals surface area contributed by atoms with E-state index in [9.17, 15) is 12.8 Å². The maximum Gasteiger partial charge on any atom is 0.262 e. The summed E-state index contributed by atoms with van der Waals surface area (Å²) in [6, 6.07) is 18.6. The van der Waals surface area contributed by atoms with Crippen molar-refractivity contribution in [3.05, 3.63) is 90.5 Å². The maximum absolute atomic E-state index is 13.0. The number of benzene rings is 3. The van der Waals surface area contributed by atoms with Gasteiger partial charge in [0.05, 0.1) is 23.3 Å². The van der Waals surface area contributed by atoms with Crippen LogP contribution in [0.4, 0.5) is 10.1 Å². The van der Waals surface area contributed by atoms with Crippen LogP contribution < -0.4 is 4.72 Å². The van der Waals surface area contributed by atoms with E-state index in [2.05, 4.69) is 9.82 Å². The Labute approximate surface area is 156 Å². The molecule has 0 saturated heterocycles. The van der Waals surface area contributed by atoms with Crippen molar-refractivity contribution in [3.63, 3.8) is 0 Å². The number of aromatic nitrogens is 2. The highest BCUT2D eigenvalue weighted by molar-refractivity contribution is 7.92. The fraction of sp³-hybridized carbons (Fsp3) is 0.0500. The Balaban J connectivity index is 1.53. The Hall–Kier alpha value is -3.19. The standard InChI is InChI=1S/C20H16FN3O2S/c21-18-8-5-15(6-9-18)13-24-14-19(12-22-24)23-27(25,26)20-10-7-16-3-1-2-4-17(16)11-20/h1-12,14,23H,13H2. The molecule has 7 heteroatoms. The molecule has 4 rings (SSSR count). The number of rotatable bonds is 5. The second-order valence-electron chi connectivity index (χ2n) is 6.17. The van der Waals surface area contributed by atoms with E-state index in [4.69, 9.17) is 0 Å². The van der Waals surface area contributed by atoms with Crippen LogP contribution in [-0.4, -0.2) is 18.2 Å². The summed E-state index contributed by atoms with van der Waals surface area (Å²) in [6.07, 6.45) is 3.05. The number of anilines is 1. The first-order valence-corrected chi connectivity index (χ1v) is 9.76. The van der Waals surface area contributed by atoms with Crippen molar-refractivity contribution < 1.29 is 12.8 Å². The summed E-state index contributed by atoms with van der Waals surface area (Å²) in [6.45, 7) is 0.415. The Morgan fingerprint density at radius 3 is 2.48 bits per heavy atom. The predicted octanol–water partition coefficient (Wildman–Crippen LogP) is 4.02. The molecule has 1 aromatic heterocycles. The van der Waals surface area contributed by atoms with Crippen LogP contribution in [0, 0.1) is 5.82 Å². The average molecular weight is 381 g/mol. The molecular formula is C20H16FN3O2S. The monoisotopic (exact) mass is 381 g/mol. The van der Waals surface area contributed by atoms with E-state index in [0.717, 1.165) is 16.3 Å². The number of halogens is 1. The summed E-state index contributed by atoms with van der Waals surface area (Å²) in [5.74, 6) is -0.303. The molecule has 0 bridgehead atoms. The summed E-state index contributed by atoms with van der Waals surface area (Å²) < 4.78 is 42.4. The minimum Gasteiger partial charge on any atom is -0.276 e. The number of hydrogen-bond acceptors (Lipinski definition) is 3. The third-order valence-corrected chi connectivity index (χ3v) is 5.55. The largest absolute Gasteiger partial charge is 0.276 e. The van der Waals surface area contributed by atoms with Gasteiger partial charge in [-0.05, 0) is 40.6 Å². The van der Waals surface area contributed by atoms with Gasteiger partial charge in [-0.1, -0.05) is 42.5 Å². The van der Waals surface area contributed by atoms with Crippen molar-refractivity contribution in [2.75, 3.05) is 4.72 Å². The van der Waals surface area contributed by atoms with Gasteiger partial charge in [-0.2, -0.15) is 5.10 Å². The van der Waals surface area contributed by atoms with Crippen LogP contribution in [-0.2, 0) is 16.6 Å². The molecule has 0 atom stereocenters. The molecule has 0 radical (unpaired) electrons. The highest BCUT2D eigenvalue weighted by Crippen LogP contribution is 2.21. The summed E-state index contributed by atoms with van der Waals surface area (Å²) >= 11 is 0. The average Bonchev–Trinajstić information content (AvgIpc) is 3.09. The first kappa shape index (κ1) is 17.2. The zero-order valence-corrected chi connectivity index (χ0v) is 15.0. The van der Waals surface area contributed by atoms with Crippen LogP contribution >= 0.6 is 0 Å². The molecule has 27 heavy (non-hydrogen) atoms. The fourth-order valence-electron chi connectivity index (χ4n) is 2.83. The quantitative estimate of drug-likeness (QED) is 0.568. The summed E-state index contributed by atoms with van der Waals surface area (Å²) in [5.41, 5.74) is 1.23. The van der Waals surface area contributed by atoms with Crippen molar-refractivity contribution in [2.45, 2.75) is 11.4 Å². The molecular weight excluding hydrogens is 365 g/mol. The molecule has 0 unspecified atom stereocenters. The number of nitrogens with one attached hydrogen (secondary N) is 1. The zero-order valence-electron chi connectivity index (χ0n) is 14.2. The molecule has 0 aliphatic heterocycles. The van der Waals surface area contributed by atoms with Gasteiger partial charge in [-0.25, -0.2) is 12.8 Å². The molecule has 3 aromatic carbocycles. The van der Waals surface area contributed by atoms with Crippen LogP contribution in [0.2, 0.25) is 0 Å². The van der Waals surface area contributed by atoms with Gasteiger partial charge in [-0.15, -0.1) is 0 Å². The number of sulfonamides is 1. The molecule has 0 saturated carbocycles. The minimum atomic E-state index is -3.72. The van der Waals surface area contributed by atoms with Gasteiger partial charge in [0, 0.05) is 6.20 Å². The van der Waals surface area contributed by atoms with Gasteiger partial charge in [0.1, 0.15) is 5.82 Å². The molecule has 136 valence electrons. The number of nitrogens with zero attached hydrogens (tertiary/aromatic N) is 2. The smallest absolute Gasteiger partial charge is 0.262 e. The maximum atomic E-state index is 13.0. The van der Waals surface area contributed by atoms with E-state index in [0.29, 0.717) is 12.2 Å². The lowest BCUT2D eigenvalue weighted by Crippen LogP contribution is -2.12. The molecule has 0 amide bonds. The molecule has 0 spiro atoms. The normalized spacial score (nSPS) is 11.6. The Bertz CT molecular complexity index is 1200. The summed E-state index contributed by atoms with van der Waals surface area (Å²) in [7, 11) is -3.72. The van der Waals surface area contributed by atoms with E-state index in [1.54, 1.807) is 41.2 Å². The molecule has 0 aliphatic carbocycles. The molecule has 0 fully saturated rings. The van der Waals surface area contributed by atoms with E-state index >= 15 is 0 Å². The van der Waals surface area contributed by atoms with Crippen molar-refractivity contribution in [1.29, 1.82) is 0 Å². The van der Waals surface area contributed by atoms with Crippen LogP contribution in [0.1, 0.15) is 5.56 Å². The third kappa shape index (κ3) is 3.83. The van der Waals surface area contributed by atoms with E-state index in [1.165, 1.54) is 18.3 Å². The molecule has 1 N–H and O–H groups in total. The lowest BCUT2D eigenvalue weighted by molar-refractivity contribution is 0.601. The minimum absolute atomic E-state index is 0.187. The van der Waals surface area contributed by atoms with Crippen LogP contribution in [0.25, 0.3) is 10.8 Å². The second-order valence-corrected chi connectivity index (χ2v) is 7.85. The lowest BCUT2D eigenvalue weighted by Gasteiger charge is -2.07. The summed E-state index contributed by atoms with van der Waals surface area (Å²) in [5, 5.41) is 5.99. The Morgan fingerprint density at radius 2 is 1.70 bits per heavy atom. The van der Waals surface area contributed by atoms with E-state index in [1.807, 2.05) is 24.3 Å². The zero-order chi connectivity index (χ0) is 18.9. The van der Waals surface area contributed by atoms with Crippen molar-refractivity contribution in [1.82, 2.24) is 9.78 Å². The second kappa shape index (κ2) is 6.85. The first-order chi connectivity index (χ1) is 13.0.